The fourth-order valence-electron chi connectivity index (χ4n) is 3.25. The molecule has 0 aliphatic carbocycles. The summed E-state index contributed by atoms with van der Waals surface area (Å²) in [7, 11) is 0. The second-order valence-corrected chi connectivity index (χ2v) is 6.56. The van der Waals surface area contributed by atoms with Crippen LogP contribution in [0.1, 0.15) is 22.3 Å². The van der Waals surface area contributed by atoms with Crippen LogP contribution in [0, 0.1) is 5.82 Å². The highest BCUT2D eigenvalue weighted by Gasteiger charge is 2.43. The molecule has 4 rings (SSSR count). The van der Waals surface area contributed by atoms with Gasteiger partial charge in [-0.15, -0.1) is 0 Å². The topological polar surface area (TPSA) is 51.3 Å². The van der Waals surface area contributed by atoms with Gasteiger partial charge in [0.05, 0.1) is 0 Å². The molecular formula is C19H13BrFN3. The molecule has 118 valence electrons. The molecule has 0 saturated carbocycles. The fraction of sp³-hybridized carbons (Fsp3) is 0.0526. The summed E-state index contributed by atoms with van der Waals surface area (Å²) in [5.41, 5.74) is 8.61. The lowest BCUT2D eigenvalue weighted by Gasteiger charge is -2.29. The van der Waals surface area contributed by atoms with E-state index in [1.165, 1.54) is 12.1 Å². The Kier molecular flexibility index (Phi) is 3.46. The van der Waals surface area contributed by atoms with Gasteiger partial charge in [0, 0.05) is 28.0 Å². The van der Waals surface area contributed by atoms with Gasteiger partial charge in [-0.1, -0.05) is 28.1 Å². The molecule has 3 nitrogen and oxygen atoms in total. The lowest BCUT2D eigenvalue weighted by molar-refractivity contribution is 0.611. The van der Waals surface area contributed by atoms with Crippen LogP contribution in [0.15, 0.2) is 76.5 Å². The van der Waals surface area contributed by atoms with Crippen molar-refractivity contribution in [2.45, 2.75) is 5.54 Å². The number of hydrogen-bond donors (Lipinski definition) is 1. The van der Waals surface area contributed by atoms with Crippen molar-refractivity contribution in [3.63, 3.8) is 0 Å². The number of halogens is 2. The number of benzene rings is 2. The van der Waals surface area contributed by atoms with Crippen molar-refractivity contribution in [3.05, 3.63) is 99.5 Å². The van der Waals surface area contributed by atoms with Crippen molar-refractivity contribution in [2.75, 3.05) is 0 Å². The highest BCUT2D eigenvalue weighted by atomic mass is 79.9. The van der Waals surface area contributed by atoms with E-state index in [1.807, 2.05) is 36.4 Å². The van der Waals surface area contributed by atoms with Crippen LogP contribution in [0.4, 0.5) is 4.39 Å². The molecule has 0 spiro atoms. The largest absolute Gasteiger partial charge is 0.383 e. The summed E-state index contributed by atoms with van der Waals surface area (Å²) in [5, 5.41) is 0. The van der Waals surface area contributed by atoms with Gasteiger partial charge in [-0.3, -0.25) is 4.98 Å². The Balaban J connectivity index is 2.10. The van der Waals surface area contributed by atoms with E-state index in [0.717, 1.165) is 26.7 Å². The molecule has 1 atom stereocenters. The second kappa shape index (κ2) is 5.53. The molecular weight excluding hydrogens is 369 g/mol. The zero-order valence-electron chi connectivity index (χ0n) is 12.6. The van der Waals surface area contributed by atoms with Gasteiger partial charge < -0.3 is 5.73 Å². The molecule has 24 heavy (non-hydrogen) atoms. The number of aromatic nitrogens is 1. The molecule has 0 bridgehead atoms. The van der Waals surface area contributed by atoms with Crippen LogP contribution >= 0.6 is 15.9 Å². The molecule has 1 unspecified atom stereocenters. The molecule has 1 aliphatic rings. The summed E-state index contributed by atoms with van der Waals surface area (Å²) in [4.78, 5) is 8.88. The third-order valence-electron chi connectivity index (χ3n) is 4.28. The van der Waals surface area contributed by atoms with Crippen molar-refractivity contribution >= 4 is 21.8 Å². The molecule has 0 saturated heterocycles. The average Bonchev–Trinajstić information content (AvgIpc) is 2.89. The van der Waals surface area contributed by atoms with Crippen molar-refractivity contribution in [1.29, 1.82) is 0 Å². The fourth-order valence-corrected chi connectivity index (χ4v) is 3.65. The van der Waals surface area contributed by atoms with Crippen molar-refractivity contribution in [3.8, 4) is 0 Å². The Morgan fingerprint density at radius 3 is 2.50 bits per heavy atom. The van der Waals surface area contributed by atoms with Crippen LogP contribution in [0.25, 0.3) is 0 Å². The number of aliphatic imine (C=N–C) groups is 1. The van der Waals surface area contributed by atoms with Crippen LogP contribution in [0.3, 0.4) is 0 Å². The Hall–Kier alpha value is -2.53. The maximum Gasteiger partial charge on any atom is 0.139 e. The maximum absolute atomic E-state index is 14.0. The summed E-state index contributed by atoms with van der Waals surface area (Å²) in [6, 6.07) is 16.2. The number of nitrogens with two attached hydrogens (primary N) is 1. The van der Waals surface area contributed by atoms with E-state index in [0.29, 0.717) is 5.84 Å². The first-order chi connectivity index (χ1) is 11.6. The third-order valence-corrected chi connectivity index (χ3v) is 4.77. The number of fused-ring (bicyclic) bond motifs is 1. The standard InChI is InChI=1S/C19H13BrFN3/c20-14-3-1-2-13(10-14)19(12-6-8-23-9-7-12)17-11-15(21)4-5-16(17)18(22)24-19/h1-11H,(H2,22,24). The SMILES string of the molecule is NC1=NC(c2ccncc2)(c2cccc(Br)c2)c2cc(F)ccc21. The van der Waals surface area contributed by atoms with E-state index in [9.17, 15) is 4.39 Å². The Bertz CT molecular complexity index is 956. The summed E-state index contributed by atoms with van der Waals surface area (Å²) in [6.07, 6.45) is 3.41. The van der Waals surface area contributed by atoms with Gasteiger partial charge in [0.25, 0.3) is 0 Å². The average molecular weight is 382 g/mol. The number of amidine groups is 1. The molecule has 1 aliphatic heterocycles. The van der Waals surface area contributed by atoms with E-state index < -0.39 is 5.54 Å². The Morgan fingerprint density at radius 1 is 0.958 bits per heavy atom. The van der Waals surface area contributed by atoms with Gasteiger partial charge >= 0.3 is 0 Å². The molecule has 0 fully saturated rings. The number of hydrogen-bond acceptors (Lipinski definition) is 3. The highest BCUT2D eigenvalue weighted by molar-refractivity contribution is 9.10. The summed E-state index contributed by atoms with van der Waals surface area (Å²) in [5.74, 6) is 0.0915. The first kappa shape index (κ1) is 15.0. The lowest BCUT2D eigenvalue weighted by atomic mass is 9.78. The van der Waals surface area contributed by atoms with Crippen LogP contribution in [-0.4, -0.2) is 10.8 Å². The smallest absolute Gasteiger partial charge is 0.139 e. The predicted molar refractivity (Wildman–Crippen MR) is 95.4 cm³/mol. The second-order valence-electron chi connectivity index (χ2n) is 5.64. The molecule has 3 aromatic rings. The minimum Gasteiger partial charge on any atom is -0.383 e. The van der Waals surface area contributed by atoms with Crippen LogP contribution in [0.5, 0.6) is 0 Å². The number of pyridine rings is 1. The van der Waals surface area contributed by atoms with E-state index in [-0.39, 0.29) is 5.82 Å². The third kappa shape index (κ3) is 2.16. The van der Waals surface area contributed by atoms with Gasteiger partial charge in [-0.2, -0.15) is 0 Å². The van der Waals surface area contributed by atoms with E-state index in [1.54, 1.807) is 18.5 Å². The monoisotopic (exact) mass is 381 g/mol. The van der Waals surface area contributed by atoms with Gasteiger partial charge in [-0.05, 0) is 53.6 Å². The lowest BCUT2D eigenvalue weighted by Crippen LogP contribution is -2.25. The molecule has 0 radical (unpaired) electrons. The van der Waals surface area contributed by atoms with E-state index >= 15 is 0 Å². The van der Waals surface area contributed by atoms with E-state index in [2.05, 4.69) is 20.9 Å². The highest BCUT2D eigenvalue weighted by Crippen LogP contribution is 2.46. The van der Waals surface area contributed by atoms with Crippen LogP contribution < -0.4 is 5.73 Å². The van der Waals surface area contributed by atoms with Crippen molar-refractivity contribution < 1.29 is 4.39 Å². The van der Waals surface area contributed by atoms with Gasteiger partial charge in [-0.25, -0.2) is 9.38 Å². The molecule has 2 heterocycles. The zero-order valence-corrected chi connectivity index (χ0v) is 14.2. The molecule has 5 heteroatoms. The van der Waals surface area contributed by atoms with E-state index in [4.69, 9.17) is 10.7 Å². The molecule has 0 amide bonds. The first-order valence-corrected chi connectivity index (χ1v) is 8.23. The van der Waals surface area contributed by atoms with Crippen LogP contribution in [-0.2, 0) is 5.54 Å². The van der Waals surface area contributed by atoms with Gasteiger partial charge in [0.2, 0.25) is 0 Å². The molecule has 2 aromatic carbocycles. The first-order valence-electron chi connectivity index (χ1n) is 7.43. The Labute approximate surface area is 147 Å². The quantitative estimate of drug-likeness (QED) is 0.729. The Morgan fingerprint density at radius 2 is 1.75 bits per heavy atom. The summed E-state index contributed by atoms with van der Waals surface area (Å²) < 4.78 is 15.0. The summed E-state index contributed by atoms with van der Waals surface area (Å²) in [6.45, 7) is 0. The predicted octanol–water partition coefficient (Wildman–Crippen LogP) is 3.99. The number of nitrogens with zero attached hydrogens (tertiary/aromatic N) is 2. The van der Waals surface area contributed by atoms with Crippen LogP contribution in [0.2, 0.25) is 0 Å². The molecule has 2 N–H and O–H groups in total. The minimum atomic E-state index is -0.881. The zero-order chi connectivity index (χ0) is 16.7. The van der Waals surface area contributed by atoms with Crippen molar-refractivity contribution in [1.82, 2.24) is 4.98 Å². The normalized spacial score (nSPS) is 19.0. The summed E-state index contributed by atoms with van der Waals surface area (Å²) >= 11 is 3.51. The number of rotatable bonds is 2. The minimum absolute atomic E-state index is 0.313. The molecule has 1 aromatic heterocycles. The van der Waals surface area contributed by atoms with Gasteiger partial charge in [0.15, 0.2) is 0 Å². The van der Waals surface area contributed by atoms with Crippen molar-refractivity contribution in [2.24, 2.45) is 10.7 Å². The van der Waals surface area contributed by atoms with Gasteiger partial charge in [0.1, 0.15) is 17.2 Å². The maximum atomic E-state index is 14.0.